The maximum atomic E-state index is 13.5. The molecule has 21 heavy (non-hydrogen) atoms. The second-order valence-electron chi connectivity index (χ2n) is 4.93. The van der Waals surface area contributed by atoms with Crippen molar-refractivity contribution < 1.29 is 14.2 Å². The molecule has 2 aromatic carbocycles. The normalized spacial score (nSPS) is 13.0. The Morgan fingerprint density at radius 1 is 1.14 bits per heavy atom. The van der Waals surface area contributed by atoms with E-state index in [-0.39, 0.29) is 5.75 Å². The molecule has 1 atom stereocenters. The molecule has 0 bridgehead atoms. The van der Waals surface area contributed by atoms with Crippen LogP contribution in [-0.4, -0.2) is 10.7 Å². The van der Waals surface area contributed by atoms with E-state index in [0.717, 1.165) is 5.56 Å². The Hall–Kier alpha value is -2.31. The standard InChI is InChI=1S/C18H17FO2/c1-3-18(2,20)13-12-14-8-10-15(11-9-14)21-17-7-5-4-6-16(17)19/h4-11,20H,3H2,1-2H3. The largest absolute Gasteiger partial charge is 0.454 e. The Morgan fingerprint density at radius 3 is 2.43 bits per heavy atom. The van der Waals surface area contributed by atoms with Crippen LogP contribution >= 0.6 is 0 Å². The summed E-state index contributed by atoms with van der Waals surface area (Å²) in [5, 5.41) is 9.82. The summed E-state index contributed by atoms with van der Waals surface area (Å²) in [5.41, 5.74) is -0.216. The number of ether oxygens (including phenoxy) is 1. The number of aliphatic hydroxyl groups is 1. The Morgan fingerprint density at radius 2 is 1.81 bits per heavy atom. The van der Waals surface area contributed by atoms with Gasteiger partial charge in [-0.25, -0.2) is 4.39 Å². The summed E-state index contributed by atoms with van der Waals surface area (Å²) in [4.78, 5) is 0. The highest BCUT2D eigenvalue weighted by molar-refractivity contribution is 5.41. The van der Waals surface area contributed by atoms with Gasteiger partial charge in [-0.1, -0.05) is 30.9 Å². The molecule has 0 aliphatic rings. The van der Waals surface area contributed by atoms with E-state index in [9.17, 15) is 9.50 Å². The molecule has 2 rings (SSSR count). The zero-order valence-electron chi connectivity index (χ0n) is 12.1. The van der Waals surface area contributed by atoms with Crippen LogP contribution in [0.5, 0.6) is 11.5 Å². The first-order chi connectivity index (χ1) is 10.00. The zero-order valence-corrected chi connectivity index (χ0v) is 12.1. The molecule has 0 aliphatic heterocycles. The van der Waals surface area contributed by atoms with Gasteiger partial charge in [0.15, 0.2) is 11.6 Å². The van der Waals surface area contributed by atoms with Crippen molar-refractivity contribution in [3.63, 3.8) is 0 Å². The van der Waals surface area contributed by atoms with Crippen LogP contribution in [0, 0.1) is 17.7 Å². The van der Waals surface area contributed by atoms with Crippen LogP contribution in [-0.2, 0) is 0 Å². The fourth-order valence-electron chi connectivity index (χ4n) is 1.56. The molecule has 0 heterocycles. The molecule has 1 N–H and O–H groups in total. The van der Waals surface area contributed by atoms with Gasteiger partial charge in [-0.05, 0) is 49.7 Å². The average molecular weight is 284 g/mol. The minimum Gasteiger partial charge on any atom is -0.454 e. The predicted octanol–water partition coefficient (Wildman–Crippen LogP) is 4.13. The Labute approximate surface area is 124 Å². The van der Waals surface area contributed by atoms with Crippen molar-refractivity contribution in [1.82, 2.24) is 0 Å². The molecule has 3 heteroatoms. The predicted molar refractivity (Wildman–Crippen MR) is 80.7 cm³/mol. The zero-order chi connectivity index (χ0) is 15.3. The van der Waals surface area contributed by atoms with Crippen molar-refractivity contribution in [3.05, 3.63) is 59.9 Å². The van der Waals surface area contributed by atoms with E-state index < -0.39 is 11.4 Å². The maximum absolute atomic E-state index is 13.5. The first-order valence-corrected chi connectivity index (χ1v) is 6.78. The molecule has 0 aromatic heterocycles. The summed E-state index contributed by atoms with van der Waals surface area (Å²) >= 11 is 0. The number of para-hydroxylation sites is 1. The van der Waals surface area contributed by atoms with Crippen LogP contribution in [0.1, 0.15) is 25.8 Å². The van der Waals surface area contributed by atoms with E-state index in [4.69, 9.17) is 4.74 Å². The topological polar surface area (TPSA) is 29.5 Å². The van der Waals surface area contributed by atoms with Crippen LogP contribution in [0.15, 0.2) is 48.5 Å². The monoisotopic (exact) mass is 284 g/mol. The number of hydrogen-bond acceptors (Lipinski definition) is 2. The van der Waals surface area contributed by atoms with Crippen LogP contribution in [0.4, 0.5) is 4.39 Å². The van der Waals surface area contributed by atoms with Gasteiger partial charge < -0.3 is 9.84 Å². The van der Waals surface area contributed by atoms with Gasteiger partial charge in [0.05, 0.1) is 0 Å². The minimum absolute atomic E-state index is 0.185. The number of rotatable bonds is 3. The highest BCUT2D eigenvalue weighted by atomic mass is 19.1. The number of halogens is 1. The average Bonchev–Trinajstić information content (AvgIpc) is 2.49. The van der Waals surface area contributed by atoms with Gasteiger partial charge >= 0.3 is 0 Å². The van der Waals surface area contributed by atoms with Crippen LogP contribution in [0.25, 0.3) is 0 Å². The lowest BCUT2D eigenvalue weighted by molar-refractivity contribution is 0.118. The van der Waals surface area contributed by atoms with Gasteiger partial charge in [0.25, 0.3) is 0 Å². The molecule has 2 aromatic rings. The lowest BCUT2D eigenvalue weighted by atomic mass is 10.0. The molecule has 0 aliphatic carbocycles. The Balaban J connectivity index is 2.11. The SMILES string of the molecule is CCC(C)(O)C#Cc1ccc(Oc2ccccc2F)cc1. The first-order valence-electron chi connectivity index (χ1n) is 6.78. The van der Waals surface area contributed by atoms with Crippen LogP contribution < -0.4 is 4.74 Å². The van der Waals surface area contributed by atoms with E-state index in [1.165, 1.54) is 6.07 Å². The molecule has 2 nitrogen and oxygen atoms in total. The van der Waals surface area contributed by atoms with Crippen molar-refractivity contribution >= 4 is 0 Å². The number of hydrogen-bond donors (Lipinski definition) is 1. The van der Waals surface area contributed by atoms with E-state index >= 15 is 0 Å². The summed E-state index contributed by atoms with van der Waals surface area (Å²) in [6, 6.07) is 13.2. The minimum atomic E-state index is -0.984. The van der Waals surface area contributed by atoms with E-state index in [1.807, 2.05) is 6.92 Å². The summed E-state index contributed by atoms with van der Waals surface area (Å²) in [6.07, 6.45) is 0.564. The summed E-state index contributed by atoms with van der Waals surface area (Å²) in [6.45, 7) is 3.55. The molecule has 0 saturated carbocycles. The molecule has 1 unspecified atom stereocenters. The highest BCUT2D eigenvalue weighted by Crippen LogP contribution is 2.24. The van der Waals surface area contributed by atoms with E-state index in [2.05, 4.69) is 11.8 Å². The van der Waals surface area contributed by atoms with Crippen molar-refractivity contribution in [2.45, 2.75) is 25.9 Å². The van der Waals surface area contributed by atoms with Gasteiger partial charge in [-0.15, -0.1) is 0 Å². The second-order valence-corrected chi connectivity index (χ2v) is 4.93. The van der Waals surface area contributed by atoms with E-state index in [0.29, 0.717) is 12.2 Å². The summed E-state index contributed by atoms with van der Waals surface area (Å²) < 4.78 is 18.9. The third-order valence-corrected chi connectivity index (χ3v) is 3.08. The highest BCUT2D eigenvalue weighted by Gasteiger charge is 2.12. The quantitative estimate of drug-likeness (QED) is 0.859. The maximum Gasteiger partial charge on any atom is 0.165 e. The molecule has 0 fully saturated rings. The van der Waals surface area contributed by atoms with Gasteiger partial charge in [0.2, 0.25) is 0 Å². The smallest absolute Gasteiger partial charge is 0.165 e. The fraction of sp³-hybridized carbons (Fsp3) is 0.222. The Kier molecular flexibility index (Phi) is 4.62. The van der Waals surface area contributed by atoms with Gasteiger partial charge in [0.1, 0.15) is 11.4 Å². The molecule has 0 radical (unpaired) electrons. The summed E-state index contributed by atoms with van der Waals surface area (Å²) in [7, 11) is 0. The lowest BCUT2D eigenvalue weighted by Gasteiger charge is -2.11. The summed E-state index contributed by atoms with van der Waals surface area (Å²) in [5.74, 6) is 6.03. The molecule has 0 amide bonds. The molecule has 108 valence electrons. The van der Waals surface area contributed by atoms with Gasteiger partial charge in [-0.2, -0.15) is 0 Å². The first kappa shape index (κ1) is 15.1. The molecular formula is C18H17FO2. The van der Waals surface area contributed by atoms with Gasteiger partial charge in [0, 0.05) is 5.56 Å². The molecule has 0 saturated heterocycles. The van der Waals surface area contributed by atoms with Crippen molar-refractivity contribution in [2.75, 3.05) is 0 Å². The van der Waals surface area contributed by atoms with Crippen molar-refractivity contribution in [3.8, 4) is 23.3 Å². The van der Waals surface area contributed by atoms with Crippen LogP contribution in [0.3, 0.4) is 0 Å². The Bertz CT molecular complexity index is 664. The van der Waals surface area contributed by atoms with Crippen LogP contribution in [0.2, 0.25) is 0 Å². The van der Waals surface area contributed by atoms with E-state index in [1.54, 1.807) is 49.4 Å². The lowest BCUT2D eigenvalue weighted by Crippen LogP contribution is -2.19. The number of benzene rings is 2. The molecule has 0 spiro atoms. The van der Waals surface area contributed by atoms with Gasteiger partial charge in [-0.3, -0.25) is 0 Å². The van der Waals surface area contributed by atoms with Crippen molar-refractivity contribution in [1.29, 1.82) is 0 Å². The second kappa shape index (κ2) is 6.43. The molecular weight excluding hydrogens is 267 g/mol. The fourth-order valence-corrected chi connectivity index (χ4v) is 1.56. The third kappa shape index (κ3) is 4.34. The third-order valence-electron chi connectivity index (χ3n) is 3.08. The van der Waals surface area contributed by atoms with Crippen molar-refractivity contribution in [2.24, 2.45) is 0 Å².